The maximum atomic E-state index is 16.8. The van der Waals surface area contributed by atoms with E-state index in [1.165, 1.54) is 30.3 Å². The number of nitrogens with zero attached hydrogens (tertiary/aromatic N) is 4. The number of nitrogens with one attached hydrogen (secondary N) is 1. The van der Waals surface area contributed by atoms with E-state index in [0.717, 1.165) is 12.3 Å². The average Bonchev–Trinajstić information content (AvgIpc) is 3.00. The highest BCUT2D eigenvalue weighted by Gasteiger charge is 2.61. The van der Waals surface area contributed by atoms with Crippen molar-refractivity contribution in [2.45, 2.75) is 50.5 Å². The molecule has 1 aromatic heterocycles. The first-order valence-electron chi connectivity index (χ1n) is 14.2. The summed E-state index contributed by atoms with van der Waals surface area (Å²) in [4.78, 5) is 32.6. The van der Waals surface area contributed by atoms with Gasteiger partial charge in [0.05, 0.1) is 13.0 Å². The number of hydrogen-bond acceptors (Lipinski definition) is 8. The lowest BCUT2D eigenvalue weighted by Gasteiger charge is -2.38. The summed E-state index contributed by atoms with van der Waals surface area (Å²) in [5.41, 5.74) is -5.61. The highest BCUT2D eigenvalue weighted by Crippen LogP contribution is 2.49. The fourth-order valence-corrected chi connectivity index (χ4v) is 4.25. The number of hydrogen-bond donors (Lipinski definition) is 2. The zero-order valence-electron chi connectivity index (χ0n) is 26.2. The highest BCUT2D eigenvalue weighted by atomic mass is 19.4. The molecule has 3 aromatic rings. The van der Waals surface area contributed by atoms with Crippen molar-refractivity contribution in [2.24, 2.45) is 21.2 Å². The Kier molecular flexibility index (Phi) is 12.3. The molecule has 0 saturated heterocycles. The van der Waals surface area contributed by atoms with E-state index >= 15 is 13.2 Å². The van der Waals surface area contributed by atoms with E-state index in [1.807, 2.05) is 0 Å². The molecule has 1 heterocycles. The molecule has 18 heteroatoms. The fraction of sp³-hybridized carbons (Fsp3) is 0.355. The molecule has 11 nitrogen and oxygen atoms in total. The molecule has 1 unspecified atom stereocenters. The van der Waals surface area contributed by atoms with Crippen molar-refractivity contribution in [1.82, 2.24) is 10.3 Å². The van der Waals surface area contributed by atoms with Crippen LogP contribution in [0.15, 0.2) is 76.1 Å². The number of carbonyl (C=O) groups excluding carboxylic acids is 2. The van der Waals surface area contributed by atoms with Gasteiger partial charge in [-0.1, -0.05) is 23.4 Å². The zero-order chi connectivity index (χ0) is 36.5. The van der Waals surface area contributed by atoms with Crippen LogP contribution in [0.25, 0.3) is 11.1 Å². The van der Waals surface area contributed by atoms with Crippen LogP contribution in [0, 0.1) is 11.6 Å². The molecule has 1 amide bonds. The number of nitrogens with two attached hydrogens (primary N) is 1. The van der Waals surface area contributed by atoms with E-state index < -0.39 is 84.4 Å². The summed E-state index contributed by atoms with van der Waals surface area (Å²) >= 11 is 0. The smallest absolute Gasteiger partial charge is 0.422 e. The van der Waals surface area contributed by atoms with Gasteiger partial charge in [-0.05, 0) is 56.7 Å². The Morgan fingerprint density at radius 2 is 1.61 bits per heavy atom. The Bertz CT molecular complexity index is 1650. The molecule has 0 fully saturated rings. The van der Waals surface area contributed by atoms with Crippen LogP contribution in [0.5, 0.6) is 5.75 Å². The van der Waals surface area contributed by atoms with Gasteiger partial charge in [-0.2, -0.15) is 22.0 Å². The van der Waals surface area contributed by atoms with E-state index in [-0.39, 0.29) is 11.3 Å². The topological polar surface area (TPSA) is 150 Å². The summed E-state index contributed by atoms with van der Waals surface area (Å²) in [6.07, 6.45) is -4.52. The van der Waals surface area contributed by atoms with Crippen molar-refractivity contribution < 1.29 is 54.5 Å². The summed E-state index contributed by atoms with van der Waals surface area (Å²) in [6, 6.07) is 8.87. The number of esters is 1. The van der Waals surface area contributed by atoms with Crippen LogP contribution in [0.2, 0.25) is 0 Å². The second-order valence-electron chi connectivity index (χ2n) is 11.2. The molecule has 264 valence electrons. The lowest BCUT2D eigenvalue weighted by atomic mass is 9.84. The first-order chi connectivity index (χ1) is 22.9. The Morgan fingerprint density at radius 1 is 0.939 bits per heavy atom. The van der Waals surface area contributed by atoms with Crippen molar-refractivity contribution in [3.63, 3.8) is 0 Å². The van der Waals surface area contributed by atoms with Crippen molar-refractivity contribution in [3.8, 4) is 16.9 Å². The third kappa shape index (κ3) is 10.6. The Balaban J connectivity index is 2.01. The molecule has 0 bridgehead atoms. The van der Waals surface area contributed by atoms with Crippen molar-refractivity contribution >= 4 is 18.4 Å². The van der Waals surface area contributed by atoms with E-state index in [2.05, 4.69) is 30.4 Å². The Labute approximate surface area is 275 Å². The number of alkyl halides is 5. The Hall–Kier alpha value is -5.29. The van der Waals surface area contributed by atoms with Gasteiger partial charge in [0.2, 0.25) is 5.60 Å². The van der Waals surface area contributed by atoms with Crippen LogP contribution < -0.4 is 15.9 Å². The van der Waals surface area contributed by atoms with E-state index in [4.69, 9.17) is 15.3 Å². The maximum Gasteiger partial charge on any atom is 0.422 e. The highest BCUT2D eigenvalue weighted by molar-refractivity contribution is 5.73. The molecule has 49 heavy (non-hydrogen) atoms. The molecule has 3 rings (SSSR count). The minimum Gasteiger partial charge on any atom is -0.484 e. The van der Waals surface area contributed by atoms with Gasteiger partial charge >= 0.3 is 24.2 Å². The average molecular weight is 701 g/mol. The second-order valence-corrected chi connectivity index (χ2v) is 11.2. The molecule has 0 aliphatic carbocycles. The third-order valence-electron chi connectivity index (χ3n) is 6.35. The van der Waals surface area contributed by atoms with Crippen LogP contribution in [-0.2, 0) is 25.8 Å². The SMILES string of the molecule is CC(C)(C)OC(=O)NCCC(=O)OC(CN=CN=NN)(c1ccc(F)cc1F)C(F)(F)c1ccc(-c2ccc(OCC(F)(F)F)cc2)cn1. The van der Waals surface area contributed by atoms with E-state index in [1.54, 1.807) is 20.8 Å². The molecule has 0 radical (unpaired) electrons. The fourth-order valence-electron chi connectivity index (χ4n) is 4.25. The van der Waals surface area contributed by atoms with Gasteiger partial charge < -0.3 is 25.4 Å². The number of carbonyl (C=O) groups is 2. The van der Waals surface area contributed by atoms with Gasteiger partial charge in [0.25, 0.3) is 0 Å². The molecular weight excluding hydrogens is 669 g/mol. The third-order valence-corrected chi connectivity index (χ3v) is 6.35. The first-order valence-corrected chi connectivity index (χ1v) is 14.2. The summed E-state index contributed by atoms with van der Waals surface area (Å²) in [5.74, 6) is -3.54. The van der Waals surface area contributed by atoms with Crippen LogP contribution in [0.3, 0.4) is 0 Å². The van der Waals surface area contributed by atoms with Gasteiger partial charge in [-0.3, -0.25) is 14.8 Å². The van der Waals surface area contributed by atoms with Crippen LogP contribution >= 0.6 is 0 Å². The number of amides is 1. The zero-order valence-corrected chi connectivity index (χ0v) is 26.2. The number of rotatable bonds is 13. The number of alkyl carbamates (subject to hydrolysis) is 1. The summed E-state index contributed by atoms with van der Waals surface area (Å²) in [6.45, 7) is 1.63. The molecule has 0 aliphatic rings. The van der Waals surface area contributed by atoms with Gasteiger partial charge in [-0.15, -0.1) is 5.11 Å². The predicted molar refractivity (Wildman–Crippen MR) is 161 cm³/mol. The van der Waals surface area contributed by atoms with E-state index in [0.29, 0.717) is 30.1 Å². The van der Waals surface area contributed by atoms with Gasteiger partial charge in [0, 0.05) is 29.9 Å². The number of aromatic nitrogens is 1. The summed E-state index contributed by atoms with van der Waals surface area (Å²) < 4.78 is 115. The first kappa shape index (κ1) is 38.2. The lowest BCUT2D eigenvalue weighted by molar-refractivity contribution is -0.222. The van der Waals surface area contributed by atoms with Gasteiger partial charge in [0.1, 0.15) is 35.0 Å². The summed E-state index contributed by atoms with van der Waals surface area (Å²) in [7, 11) is 0. The van der Waals surface area contributed by atoms with Gasteiger partial charge in [-0.25, -0.2) is 13.6 Å². The molecular formula is C31H31F7N6O5. The standard InChI is InChI=1S/C31H31F7N6O5/c1-28(2,3)49-27(46)41-13-12-26(45)48-29(16-40-18-43-44-39,23-10-7-21(32)14-24(23)33)31(37,38)25-11-6-20(15-42-25)19-4-8-22(9-5-19)47-17-30(34,35)36/h4-11,14-15,18H,12-13,16-17H2,1-3H3,(H,41,46)(H2,39,40,43). The van der Waals surface area contributed by atoms with Crippen molar-refractivity contribution in [2.75, 3.05) is 19.7 Å². The number of aliphatic imine (C=N–C) groups is 1. The normalized spacial score (nSPS) is 13.7. The maximum absolute atomic E-state index is 16.8. The largest absolute Gasteiger partial charge is 0.484 e. The molecule has 0 saturated carbocycles. The van der Waals surface area contributed by atoms with Crippen molar-refractivity contribution in [1.29, 1.82) is 0 Å². The predicted octanol–water partition coefficient (Wildman–Crippen LogP) is 6.77. The quantitative estimate of drug-likeness (QED) is 0.0380. The minimum atomic E-state index is -4.55. The monoisotopic (exact) mass is 700 g/mol. The molecule has 1 atom stereocenters. The molecule has 2 aromatic carbocycles. The number of ether oxygens (including phenoxy) is 3. The number of benzene rings is 2. The Morgan fingerprint density at radius 3 is 2.18 bits per heavy atom. The van der Waals surface area contributed by atoms with Crippen LogP contribution in [-0.4, -0.2) is 54.9 Å². The van der Waals surface area contributed by atoms with Crippen LogP contribution in [0.4, 0.5) is 35.5 Å². The molecule has 3 N–H and O–H groups in total. The molecule has 0 aliphatic heterocycles. The van der Waals surface area contributed by atoms with Gasteiger partial charge in [0.15, 0.2) is 6.61 Å². The number of halogens is 7. The second kappa shape index (κ2) is 15.7. The van der Waals surface area contributed by atoms with E-state index in [9.17, 15) is 27.2 Å². The van der Waals surface area contributed by atoms with Crippen LogP contribution in [0.1, 0.15) is 38.4 Å². The minimum absolute atomic E-state index is 0.0962. The molecule has 0 spiro atoms. The summed E-state index contributed by atoms with van der Waals surface area (Å²) in [5, 5.41) is 8.43. The lowest BCUT2D eigenvalue weighted by Crippen LogP contribution is -2.51. The van der Waals surface area contributed by atoms with Crippen molar-refractivity contribution in [3.05, 3.63) is 83.7 Å². The number of pyridine rings is 1.